The van der Waals surface area contributed by atoms with Gasteiger partial charge in [0.25, 0.3) is 0 Å². The van der Waals surface area contributed by atoms with Gasteiger partial charge in [0.1, 0.15) is 11.3 Å². The second-order valence-corrected chi connectivity index (χ2v) is 7.94. The minimum Gasteiger partial charge on any atom is -0.497 e. The first kappa shape index (κ1) is 23.1. The highest BCUT2D eigenvalue weighted by atomic mass is 16.5. The number of rotatable bonds is 9. The third kappa shape index (κ3) is 5.55. The third-order valence-electron chi connectivity index (χ3n) is 5.80. The van der Waals surface area contributed by atoms with E-state index in [4.69, 9.17) is 4.74 Å². The number of hydrogen-bond donors (Lipinski definition) is 1. The van der Waals surface area contributed by atoms with E-state index in [1.54, 1.807) is 36.3 Å². The molecule has 0 fully saturated rings. The van der Waals surface area contributed by atoms with Crippen LogP contribution in [0.15, 0.2) is 84.9 Å². The Morgan fingerprint density at radius 1 is 0.875 bits per heavy atom. The molecule has 3 aromatic carbocycles. The summed E-state index contributed by atoms with van der Waals surface area (Å²) < 4.78 is 5.19. The van der Waals surface area contributed by atoms with Crippen molar-refractivity contribution in [3.63, 3.8) is 0 Å². The monoisotopic (exact) mass is 430 g/mol. The smallest absolute Gasteiger partial charge is 0.250 e. The Balaban J connectivity index is 1.89. The average Bonchev–Trinajstić information content (AvgIpc) is 2.83. The van der Waals surface area contributed by atoms with E-state index < -0.39 is 5.54 Å². The van der Waals surface area contributed by atoms with Gasteiger partial charge in [-0.1, -0.05) is 67.6 Å². The molecular formula is C27H30N2O3. The molecule has 0 aromatic heterocycles. The van der Waals surface area contributed by atoms with E-state index in [1.807, 2.05) is 74.5 Å². The molecule has 0 aliphatic carbocycles. The van der Waals surface area contributed by atoms with Crippen molar-refractivity contribution < 1.29 is 14.3 Å². The molecule has 166 valence electrons. The maximum atomic E-state index is 13.5. The molecule has 0 saturated heterocycles. The quantitative estimate of drug-likeness (QED) is 0.515. The van der Waals surface area contributed by atoms with Gasteiger partial charge in [-0.15, -0.1) is 0 Å². The molecule has 0 radical (unpaired) electrons. The zero-order valence-corrected chi connectivity index (χ0v) is 18.9. The highest BCUT2D eigenvalue weighted by Crippen LogP contribution is 2.26. The van der Waals surface area contributed by atoms with Gasteiger partial charge in [-0.2, -0.15) is 0 Å². The number of amides is 2. The fraction of sp³-hybridized carbons (Fsp3) is 0.259. The van der Waals surface area contributed by atoms with Gasteiger partial charge in [0.2, 0.25) is 11.8 Å². The molecule has 2 amide bonds. The zero-order chi connectivity index (χ0) is 23.0. The highest BCUT2D eigenvalue weighted by Gasteiger charge is 2.40. The lowest BCUT2D eigenvalue weighted by Gasteiger charge is -2.40. The summed E-state index contributed by atoms with van der Waals surface area (Å²) >= 11 is 0. The van der Waals surface area contributed by atoms with E-state index >= 15 is 0 Å². The Morgan fingerprint density at radius 3 is 1.97 bits per heavy atom. The van der Waals surface area contributed by atoms with Gasteiger partial charge in [-0.05, 0) is 48.7 Å². The van der Waals surface area contributed by atoms with Crippen LogP contribution in [-0.2, 0) is 22.6 Å². The molecule has 0 aliphatic heterocycles. The van der Waals surface area contributed by atoms with Crippen LogP contribution in [0.5, 0.6) is 5.75 Å². The number of nitrogens with zero attached hydrogens (tertiary/aromatic N) is 1. The minimum atomic E-state index is -1.03. The van der Waals surface area contributed by atoms with Crippen LogP contribution in [0, 0.1) is 0 Å². The van der Waals surface area contributed by atoms with Crippen molar-refractivity contribution in [1.29, 1.82) is 0 Å². The van der Waals surface area contributed by atoms with Gasteiger partial charge < -0.3 is 15.0 Å². The Morgan fingerprint density at radius 2 is 1.44 bits per heavy atom. The number of methoxy groups -OCH3 is 1. The number of hydrogen-bond acceptors (Lipinski definition) is 3. The largest absolute Gasteiger partial charge is 0.497 e. The molecule has 0 heterocycles. The van der Waals surface area contributed by atoms with Crippen LogP contribution in [0.4, 0.5) is 5.69 Å². The molecular weight excluding hydrogens is 400 g/mol. The summed E-state index contributed by atoms with van der Waals surface area (Å²) in [5.74, 6) is 0.404. The van der Waals surface area contributed by atoms with Crippen LogP contribution < -0.4 is 10.1 Å². The molecule has 32 heavy (non-hydrogen) atoms. The molecule has 0 spiro atoms. The van der Waals surface area contributed by atoms with Crippen LogP contribution in [0.1, 0.15) is 31.4 Å². The van der Waals surface area contributed by atoms with E-state index in [-0.39, 0.29) is 18.2 Å². The third-order valence-corrected chi connectivity index (χ3v) is 5.80. The molecule has 1 atom stereocenters. The lowest BCUT2D eigenvalue weighted by atomic mass is 9.92. The average molecular weight is 431 g/mol. The Labute approximate surface area is 190 Å². The number of carbonyl (C=O) groups is 2. The van der Waals surface area contributed by atoms with Crippen molar-refractivity contribution in [2.75, 3.05) is 12.4 Å². The first-order valence-corrected chi connectivity index (χ1v) is 10.8. The predicted octanol–water partition coefficient (Wildman–Crippen LogP) is 5.07. The molecule has 0 aliphatic rings. The normalized spacial score (nSPS) is 12.5. The van der Waals surface area contributed by atoms with Crippen LogP contribution in [-0.4, -0.2) is 29.4 Å². The Kier molecular flexibility index (Phi) is 7.66. The van der Waals surface area contributed by atoms with Gasteiger partial charge in [0, 0.05) is 12.2 Å². The molecule has 5 nitrogen and oxygen atoms in total. The van der Waals surface area contributed by atoms with Gasteiger partial charge in [0.15, 0.2) is 0 Å². The number of carbonyl (C=O) groups excluding carboxylic acids is 2. The van der Waals surface area contributed by atoms with Crippen molar-refractivity contribution in [3.05, 3.63) is 96.1 Å². The molecule has 5 heteroatoms. The molecule has 3 aromatic rings. The summed E-state index contributed by atoms with van der Waals surface area (Å²) in [6.07, 6.45) is 0.710. The number of nitrogens with one attached hydrogen (secondary N) is 1. The van der Waals surface area contributed by atoms with Gasteiger partial charge in [-0.3, -0.25) is 9.59 Å². The van der Waals surface area contributed by atoms with Gasteiger partial charge in [0.05, 0.1) is 13.5 Å². The number of ether oxygens (including phenoxy) is 1. The van der Waals surface area contributed by atoms with Crippen molar-refractivity contribution in [1.82, 2.24) is 4.90 Å². The summed E-state index contributed by atoms with van der Waals surface area (Å²) in [5, 5.41) is 2.98. The molecule has 0 saturated carbocycles. The maximum Gasteiger partial charge on any atom is 0.250 e. The number of benzene rings is 3. The van der Waals surface area contributed by atoms with E-state index in [2.05, 4.69) is 5.32 Å². The predicted molar refractivity (Wildman–Crippen MR) is 127 cm³/mol. The summed E-state index contributed by atoms with van der Waals surface area (Å²) in [7, 11) is 1.60. The lowest BCUT2D eigenvalue weighted by Crippen LogP contribution is -2.56. The maximum absolute atomic E-state index is 13.5. The van der Waals surface area contributed by atoms with E-state index in [9.17, 15) is 9.59 Å². The van der Waals surface area contributed by atoms with Crippen molar-refractivity contribution >= 4 is 17.5 Å². The van der Waals surface area contributed by atoms with Crippen molar-refractivity contribution in [3.8, 4) is 5.75 Å². The topological polar surface area (TPSA) is 58.6 Å². The fourth-order valence-electron chi connectivity index (χ4n) is 3.58. The second-order valence-electron chi connectivity index (χ2n) is 7.94. The van der Waals surface area contributed by atoms with Gasteiger partial charge >= 0.3 is 0 Å². The Hall–Kier alpha value is -3.60. The molecule has 1 unspecified atom stereocenters. The molecule has 0 bridgehead atoms. The van der Waals surface area contributed by atoms with Crippen molar-refractivity contribution in [2.45, 2.75) is 38.8 Å². The summed E-state index contributed by atoms with van der Waals surface area (Å²) in [6.45, 7) is 4.12. The zero-order valence-electron chi connectivity index (χ0n) is 18.9. The standard InChI is InChI=1S/C27H30N2O3/c1-4-27(2,26(31)28-23-15-17-24(32-3)18-16-23)29(20-22-13-9-6-10-14-22)25(30)19-21-11-7-5-8-12-21/h5-18H,4,19-20H2,1-3H3,(H,28,31). The van der Waals surface area contributed by atoms with Crippen LogP contribution in [0.2, 0.25) is 0 Å². The van der Waals surface area contributed by atoms with Crippen LogP contribution in [0.3, 0.4) is 0 Å². The summed E-state index contributed by atoms with van der Waals surface area (Å²) in [6, 6.07) is 26.6. The van der Waals surface area contributed by atoms with E-state index in [0.717, 1.165) is 11.1 Å². The highest BCUT2D eigenvalue weighted by molar-refractivity contribution is 6.00. The Bertz CT molecular complexity index is 1020. The summed E-state index contributed by atoms with van der Waals surface area (Å²) in [4.78, 5) is 28.7. The van der Waals surface area contributed by atoms with Crippen molar-refractivity contribution in [2.24, 2.45) is 0 Å². The number of anilines is 1. The SMILES string of the molecule is CCC(C)(C(=O)Nc1ccc(OC)cc1)N(Cc1ccccc1)C(=O)Cc1ccccc1. The molecule has 1 N–H and O–H groups in total. The van der Waals surface area contributed by atoms with Gasteiger partial charge in [-0.25, -0.2) is 0 Å². The first-order valence-electron chi connectivity index (χ1n) is 10.8. The lowest BCUT2D eigenvalue weighted by molar-refractivity contribution is -0.145. The second kappa shape index (κ2) is 10.6. The van der Waals surface area contributed by atoms with E-state index in [1.165, 1.54) is 0 Å². The first-order chi connectivity index (χ1) is 15.5. The van der Waals surface area contributed by atoms with E-state index in [0.29, 0.717) is 24.4 Å². The minimum absolute atomic E-state index is 0.0886. The van der Waals surface area contributed by atoms with Crippen LogP contribution in [0.25, 0.3) is 0 Å². The molecule has 3 rings (SSSR count). The van der Waals surface area contributed by atoms with Crippen LogP contribution >= 0.6 is 0 Å². The summed E-state index contributed by atoms with van der Waals surface area (Å²) in [5.41, 5.74) is 1.53. The fourth-order valence-corrected chi connectivity index (χ4v) is 3.58.